The fourth-order valence-electron chi connectivity index (χ4n) is 1.21. The van der Waals surface area contributed by atoms with Crippen molar-refractivity contribution in [2.45, 2.75) is 13.5 Å². The lowest BCUT2D eigenvalue weighted by atomic mass is 10.3. The molecule has 0 aliphatic rings. The Balaban J connectivity index is 1.96. The minimum Gasteiger partial charge on any atom is -0.487 e. The first-order valence-electron chi connectivity index (χ1n) is 4.85. The molecule has 0 N–H and O–H groups in total. The molecular weight excluding hydrogens is 186 g/mol. The van der Waals surface area contributed by atoms with Crippen LogP contribution in [-0.2, 0) is 6.61 Å². The van der Waals surface area contributed by atoms with Crippen LogP contribution in [0.15, 0.2) is 42.6 Å². The molecule has 0 atom stereocenters. The summed E-state index contributed by atoms with van der Waals surface area (Å²) in [6.07, 6.45) is 1.84. The van der Waals surface area contributed by atoms with Crippen LogP contribution in [0, 0.1) is 13.0 Å². The molecule has 2 nitrogen and oxygen atoms in total. The molecule has 1 heterocycles. The van der Waals surface area contributed by atoms with Gasteiger partial charge in [-0.3, -0.25) is 4.98 Å². The predicted octanol–water partition coefficient (Wildman–Crippen LogP) is 2.77. The van der Waals surface area contributed by atoms with E-state index in [2.05, 4.69) is 11.1 Å². The molecule has 2 rings (SSSR count). The maximum absolute atomic E-state index is 5.55. The van der Waals surface area contributed by atoms with Crippen LogP contribution < -0.4 is 4.74 Å². The summed E-state index contributed by atoms with van der Waals surface area (Å²) in [4.78, 5) is 4.26. The van der Waals surface area contributed by atoms with Crippen molar-refractivity contribution in [2.24, 2.45) is 0 Å². The third-order valence-electron chi connectivity index (χ3n) is 2.05. The quantitative estimate of drug-likeness (QED) is 0.756. The number of rotatable bonds is 3. The molecule has 0 unspecified atom stereocenters. The SMILES string of the molecule is Cc1ccc(COc2cc[c]cc2)nc1. The van der Waals surface area contributed by atoms with E-state index in [1.165, 1.54) is 0 Å². The van der Waals surface area contributed by atoms with Crippen LogP contribution in [0.4, 0.5) is 0 Å². The van der Waals surface area contributed by atoms with E-state index in [-0.39, 0.29) is 0 Å². The smallest absolute Gasteiger partial charge is 0.130 e. The number of hydrogen-bond donors (Lipinski definition) is 0. The van der Waals surface area contributed by atoms with Gasteiger partial charge in [0.25, 0.3) is 0 Å². The van der Waals surface area contributed by atoms with Gasteiger partial charge in [-0.1, -0.05) is 18.2 Å². The van der Waals surface area contributed by atoms with Crippen molar-refractivity contribution < 1.29 is 4.74 Å². The molecule has 0 bridgehead atoms. The van der Waals surface area contributed by atoms with Gasteiger partial charge in [0.2, 0.25) is 0 Å². The van der Waals surface area contributed by atoms with Gasteiger partial charge in [-0.05, 0) is 36.8 Å². The van der Waals surface area contributed by atoms with Crippen LogP contribution >= 0.6 is 0 Å². The summed E-state index contributed by atoms with van der Waals surface area (Å²) in [6.45, 7) is 2.52. The van der Waals surface area contributed by atoms with E-state index in [0.717, 1.165) is 17.0 Å². The zero-order valence-electron chi connectivity index (χ0n) is 8.60. The topological polar surface area (TPSA) is 22.1 Å². The fraction of sp³-hybridized carbons (Fsp3) is 0.154. The van der Waals surface area contributed by atoms with Crippen molar-refractivity contribution in [3.05, 3.63) is 59.9 Å². The predicted molar refractivity (Wildman–Crippen MR) is 58.6 cm³/mol. The van der Waals surface area contributed by atoms with Crippen molar-refractivity contribution in [1.82, 2.24) is 4.98 Å². The van der Waals surface area contributed by atoms with Crippen LogP contribution in [0.2, 0.25) is 0 Å². The lowest BCUT2D eigenvalue weighted by Gasteiger charge is -2.04. The Kier molecular flexibility index (Phi) is 2.98. The molecule has 0 saturated carbocycles. The first kappa shape index (κ1) is 9.71. The number of aryl methyl sites for hydroxylation is 1. The molecule has 0 spiro atoms. The lowest BCUT2D eigenvalue weighted by Crippen LogP contribution is -1.97. The Bertz CT molecular complexity index is 408. The van der Waals surface area contributed by atoms with E-state index in [1.807, 2.05) is 49.5 Å². The van der Waals surface area contributed by atoms with Gasteiger partial charge in [0, 0.05) is 6.20 Å². The molecule has 1 aromatic carbocycles. The molecular formula is C13H12NO. The van der Waals surface area contributed by atoms with E-state index in [9.17, 15) is 0 Å². The van der Waals surface area contributed by atoms with Crippen molar-refractivity contribution >= 4 is 0 Å². The van der Waals surface area contributed by atoms with Gasteiger partial charge in [0.05, 0.1) is 5.69 Å². The maximum atomic E-state index is 5.55. The summed E-state index contributed by atoms with van der Waals surface area (Å²) in [5.41, 5.74) is 2.10. The highest BCUT2D eigenvalue weighted by Crippen LogP contribution is 2.10. The van der Waals surface area contributed by atoms with Crippen LogP contribution in [0.25, 0.3) is 0 Å². The Hall–Kier alpha value is -1.83. The van der Waals surface area contributed by atoms with Crippen LogP contribution in [-0.4, -0.2) is 4.98 Å². The van der Waals surface area contributed by atoms with Crippen molar-refractivity contribution in [3.8, 4) is 5.75 Å². The second-order valence-corrected chi connectivity index (χ2v) is 3.35. The monoisotopic (exact) mass is 198 g/mol. The highest BCUT2D eigenvalue weighted by Gasteiger charge is 1.95. The second-order valence-electron chi connectivity index (χ2n) is 3.35. The van der Waals surface area contributed by atoms with Crippen LogP contribution in [0.5, 0.6) is 5.75 Å². The third kappa shape index (κ3) is 2.81. The number of pyridine rings is 1. The summed E-state index contributed by atoms with van der Waals surface area (Å²) in [7, 11) is 0. The van der Waals surface area contributed by atoms with Gasteiger partial charge in [-0.15, -0.1) is 0 Å². The third-order valence-corrected chi connectivity index (χ3v) is 2.05. The van der Waals surface area contributed by atoms with Crippen molar-refractivity contribution in [3.63, 3.8) is 0 Å². The first-order chi connectivity index (χ1) is 7.34. The van der Waals surface area contributed by atoms with Gasteiger partial charge >= 0.3 is 0 Å². The molecule has 1 aromatic heterocycles. The molecule has 15 heavy (non-hydrogen) atoms. The Labute approximate surface area is 89.6 Å². The molecule has 2 aromatic rings. The zero-order chi connectivity index (χ0) is 10.5. The van der Waals surface area contributed by atoms with Gasteiger partial charge < -0.3 is 4.74 Å². The summed E-state index contributed by atoms with van der Waals surface area (Å²) in [5.74, 6) is 0.844. The normalized spacial score (nSPS) is 9.93. The van der Waals surface area contributed by atoms with Crippen LogP contribution in [0.1, 0.15) is 11.3 Å². The largest absolute Gasteiger partial charge is 0.487 e. The van der Waals surface area contributed by atoms with E-state index in [1.54, 1.807) is 0 Å². The van der Waals surface area contributed by atoms with E-state index < -0.39 is 0 Å². The molecule has 0 amide bonds. The van der Waals surface area contributed by atoms with E-state index in [4.69, 9.17) is 4.74 Å². The zero-order valence-corrected chi connectivity index (χ0v) is 8.60. The minimum absolute atomic E-state index is 0.504. The number of benzene rings is 1. The van der Waals surface area contributed by atoms with Crippen molar-refractivity contribution in [1.29, 1.82) is 0 Å². The highest BCUT2D eigenvalue weighted by atomic mass is 16.5. The average Bonchev–Trinajstić information content (AvgIpc) is 2.30. The lowest BCUT2D eigenvalue weighted by molar-refractivity contribution is 0.301. The van der Waals surface area contributed by atoms with Gasteiger partial charge in [0.1, 0.15) is 12.4 Å². The molecule has 0 fully saturated rings. The standard InChI is InChI=1S/C13H12NO/c1-11-7-8-12(14-9-11)10-15-13-5-3-2-4-6-13/h3-9H,10H2,1H3. The summed E-state index contributed by atoms with van der Waals surface area (Å²) in [5, 5.41) is 0. The number of nitrogens with zero attached hydrogens (tertiary/aromatic N) is 1. The molecule has 75 valence electrons. The Morgan fingerprint density at radius 1 is 1.20 bits per heavy atom. The summed E-state index contributed by atoms with van der Waals surface area (Å²) >= 11 is 0. The average molecular weight is 198 g/mol. The summed E-state index contributed by atoms with van der Waals surface area (Å²) < 4.78 is 5.55. The van der Waals surface area contributed by atoms with Gasteiger partial charge in [0.15, 0.2) is 0 Å². The highest BCUT2D eigenvalue weighted by molar-refractivity contribution is 5.21. The molecule has 0 aliphatic carbocycles. The number of aromatic nitrogens is 1. The number of ether oxygens (including phenoxy) is 1. The Morgan fingerprint density at radius 3 is 2.67 bits per heavy atom. The molecule has 2 heteroatoms. The maximum Gasteiger partial charge on any atom is 0.130 e. The Morgan fingerprint density at radius 2 is 2.00 bits per heavy atom. The van der Waals surface area contributed by atoms with E-state index >= 15 is 0 Å². The van der Waals surface area contributed by atoms with E-state index in [0.29, 0.717) is 6.61 Å². The minimum atomic E-state index is 0.504. The van der Waals surface area contributed by atoms with Gasteiger partial charge in [-0.2, -0.15) is 0 Å². The van der Waals surface area contributed by atoms with Gasteiger partial charge in [-0.25, -0.2) is 0 Å². The van der Waals surface area contributed by atoms with Crippen molar-refractivity contribution in [2.75, 3.05) is 0 Å². The fourth-order valence-corrected chi connectivity index (χ4v) is 1.21. The molecule has 1 radical (unpaired) electrons. The van der Waals surface area contributed by atoms with Crippen LogP contribution in [0.3, 0.4) is 0 Å². The summed E-state index contributed by atoms with van der Waals surface area (Å²) in [6, 6.07) is 14.4. The number of hydrogen-bond acceptors (Lipinski definition) is 2. The second kappa shape index (κ2) is 4.60. The molecule has 0 aliphatic heterocycles. The first-order valence-corrected chi connectivity index (χ1v) is 4.85. The molecule has 0 saturated heterocycles.